The third kappa shape index (κ3) is 2.84. The maximum Gasteiger partial charge on any atom is 0.416 e. The number of alkyl halides is 3. The van der Waals surface area contributed by atoms with Gasteiger partial charge in [0.1, 0.15) is 6.10 Å². The Bertz CT molecular complexity index is 368. The van der Waals surface area contributed by atoms with E-state index in [0.717, 1.165) is 12.1 Å². The van der Waals surface area contributed by atoms with Crippen molar-refractivity contribution in [3.8, 4) is 0 Å². The predicted molar refractivity (Wildman–Crippen MR) is 52.7 cm³/mol. The molecule has 0 heterocycles. The molecule has 0 saturated carbocycles. The second-order valence-electron chi connectivity index (χ2n) is 3.45. The summed E-state index contributed by atoms with van der Waals surface area (Å²) in [5, 5.41) is 8.60. The Hall–Kier alpha value is -1.33. The lowest BCUT2D eigenvalue weighted by Crippen LogP contribution is -2.07. The van der Waals surface area contributed by atoms with Crippen LogP contribution in [0.1, 0.15) is 24.2 Å². The molecule has 0 radical (unpaired) electrons. The summed E-state index contributed by atoms with van der Waals surface area (Å²) in [6, 6.07) is 4.37. The zero-order valence-corrected chi connectivity index (χ0v) is 8.58. The molecule has 0 saturated heterocycles. The van der Waals surface area contributed by atoms with Gasteiger partial charge >= 0.3 is 6.18 Å². The maximum absolute atomic E-state index is 12.3. The molecule has 88 valence electrons. The predicted octanol–water partition coefficient (Wildman–Crippen LogP) is 3.81. The highest BCUT2D eigenvalue weighted by atomic mass is 19.4. The minimum absolute atomic E-state index is 0.419. The normalized spacial score (nSPS) is 13.6. The van der Waals surface area contributed by atoms with E-state index in [1.54, 1.807) is 6.92 Å². The Labute approximate surface area is 90.9 Å². The van der Waals surface area contributed by atoms with Crippen molar-refractivity contribution in [1.82, 2.24) is 0 Å². The first kappa shape index (κ1) is 12.7. The second kappa shape index (κ2) is 4.67. The van der Waals surface area contributed by atoms with E-state index in [4.69, 9.17) is 5.26 Å². The van der Waals surface area contributed by atoms with E-state index in [9.17, 15) is 13.2 Å². The van der Waals surface area contributed by atoms with Crippen molar-refractivity contribution in [2.75, 3.05) is 0 Å². The van der Waals surface area contributed by atoms with Crippen molar-refractivity contribution in [2.45, 2.75) is 19.2 Å². The van der Waals surface area contributed by atoms with Gasteiger partial charge in [-0.3, -0.25) is 5.26 Å². The molecule has 0 bridgehead atoms. The van der Waals surface area contributed by atoms with Crippen LogP contribution in [0.25, 0.3) is 0 Å². The third-order valence-electron chi connectivity index (χ3n) is 2.09. The number of halogens is 3. The van der Waals surface area contributed by atoms with Crippen molar-refractivity contribution in [3.63, 3.8) is 0 Å². The van der Waals surface area contributed by atoms with Gasteiger partial charge < -0.3 is 0 Å². The van der Waals surface area contributed by atoms with E-state index in [2.05, 4.69) is 11.5 Å². The molecule has 1 atom stereocenters. The Kier molecular flexibility index (Phi) is 3.72. The first-order chi connectivity index (χ1) is 7.36. The van der Waals surface area contributed by atoms with Crippen molar-refractivity contribution < 1.29 is 23.3 Å². The molecule has 1 aromatic rings. The SMILES string of the molecule is C=C(C)C(OO)c1ccc(C(F)(F)F)cc1. The van der Waals surface area contributed by atoms with Crippen LogP contribution < -0.4 is 0 Å². The fourth-order valence-electron chi connectivity index (χ4n) is 1.28. The average Bonchev–Trinajstić information content (AvgIpc) is 2.17. The monoisotopic (exact) mass is 232 g/mol. The van der Waals surface area contributed by atoms with Crippen LogP contribution in [-0.2, 0) is 11.1 Å². The van der Waals surface area contributed by atoms with Gasteiger partial charge in [-0.1, -0.05) is 18.7 Å². The molecule has 0 amide bonds. The quantitative estimate of drug-likeness (QED) is 0.487. The Morgan fingerprint density at radius 2 is 1.81 bits per heavy atom. The van der Waals surface area contributed by atoms with Crippen molar-refractivity contribution in [2.24, 2.45) is 0 Å². The lowest BCUT2D eigenvalue weighted by Gasteiger charge is -2.14. The molecule has 0 aromatic heterocycles. The summed E-state index contributed by atoms with van der Waals surface area (Å²) in [5.74, 6) is 0. The molecule has 0 spiro atoms. The topological polar surface area (TPSA) is 29.5 Å². The molecule has 0 fully saturated rings. The molecule has 5 heteroatoms. The van der Waals surface area contributed by atoms with Gasteiger partial charge in [0.05, 0.1) is 5.56 Å². The van der Waals surface area contributed by atoms with Crippen LogP contribution in [0.5, 0.6) is 0 Å². The molecule has 2 nitrogen and oxygen atoms in total. The summed E-state index contributed by atoms with van der Waals surface area (Å²) in [7, 11) is 0. The zero-order chi connectivity index (χ0) is 12.3. The first-order valence-electron chi connectivity index (χ1n) is 4.49. The van der Waals surface area contributed by atoms with Gasteiger partial charge in [-0.2, -0.15) is 13.2 Å². The standard InChI is InChI=1S/C11H11F3O2/c1-7(2)10(16-15)8-3-5-9(6-4-8)11(12,13)14/h3-6,10,15H,1H2,2H3. The fourth-order valence-corrected chi connectivity index (χ4v) is 1.28. The van der Waals surface area contributed by atoms with Gasteiger partial charge in [0.15, 0.2) is 0 Å². The molecule has 1 N–H and O–H groups in total. The highest BCUT2D eigenvalue weighted by Gasteiger charge is 2.30. The molecule has 0 aliphatic carbocycles. The van der Waals surface area contributed by atoms with Crippen molar-refractivity contribution in [1.29, 1.82) is 0 Å². The molecule has 0 aliphatic rings. The minimum Gasteiger partial charge on any atom is -0.251 e. The largest absolute Gasteiger partial charge is 0.416 e. The fraction of sp³-hybridized carbons (Fsp3) is 0.273. The number of rotatable bonds is 3. The lowest BCUT2D eigenvalue weighted by molar-refractivity contribution is -0.271. The lowest BCUT2D eigenvalue weighted by atomic mass is 10.0. The summed E-state index contributed by atoms with van der Waals surface area (Å²) in [6.45, 7) is 5.18. The summed E-state index contributed by atoms with van der Waals surface area (Å²) < 4.78 is 36.8. The van der Waals surface area contributed by atoms with Crippen LogP contribution in [0.4, 0.5) is 13.2 Å². The van der Waals surface area contributed by atoms with Crippen molar-refractivity contribution >= 4 is 0 Å². The van der Waals surface area contributed by atoms with Gasteiger partial charge in [-0.05, 0) is 30.2 Å². The van der Waals surface area contributed by atoms with Gasteiger partial charge in [0.25, 0.3) is 0 Å². The van der Waals surface area contributed by atoms with Gasteiger partial charge in [0, 0.05) is 0 Å². The Morgan fingerprint density at radius 1 is 1.31 bits per heavy atom. The van der Waals surface area contributed by atoms with E-state index in [0.29, 0.717) is 11.1 Å². The molecule has 16 heavy (non-hydrogen) atoms. The summed E-state index contributed by atoms with van der Waals surface area (Å²) in [5.41, 5.74) is 0.180. The molecule has 0 aliphatic heterocycles. The van der Waals surface area contributed by atoms with Gasteiger partial charge in [-0.15, -0.1) is 0 Å². The number of benzene rings is 1. The third-order valence-corrected chi connectivity index (χ3v) is 2.09. The highest BCUT2D eigenvalue weighted by molar-refractivity contribution is 5.29. The van der Waals surface area contributed by atoms with Crippen molar-refractivity contribution in [3.05, 3.63) is 47.5 Å². The molecule has 1 unspecified atom stereocenters. The summed E-state index contributed by atoms with van der Waals surface area (Å²) in [4.78, 5) is 4.14. The maximum atomic E-state index is 12.3. The van der Waals surface area contributed by atoms with E-state index in [1.807, 2.05) is 0 Å². The van der Waals surface area contributed by atoms with E-state index in [1.165, 1.54) is 12.1 Å². The second-order valence-corrected chi connectivity index (χ2v) is 3.45. The first-order valence-corrected chi connectivity index (χ1v) is 4.49. The zero-order valence-electron chi connectivity index (χ0n) is 8.58. The van der Waals surface area contributed by atoms with E-state index < -0.39 is 17.8 Å². The number of hydrogen-bond acceptors (Lipinski definition) is 2. The van der Waals surface area contributed by atoms with E-state index in [-0.39, 0.29) is 0 Å². The summed E-state index contributed by atoms with van der Waals surface area (Å²) in [6.07, 6.45) is -5.17. The van der Waals surface area contributed by atoms with Gasteiger partial charge in [-0.25, -0.2) is 4.89 Å². The van der Waals surface area contributed by atoms with Crippen LogP contribution >= 0.6 is 0 Å². The van der Waals surface area contributed by atoms with E-state index >= 15 is 0 Å². The number of hydrogen-bond donors (Lipinski definition) is 1. The van der Waals surface area contributed by atoms with Crippen LogP contribution in [-0.4, -0.2) is 5.26 Å². The molecular formula is C11H11F3O2. The smallest absolute Gasteiger partial charge is 0.251 e. The van der Waals surface area contributed by atoms with Gasteiger partial charge in [0.2, 0.25) is 0 Å². The Balaban J connectivity index is 2.98. The molecule has 1 aromatic carbocycles. The summed E-state index contributed by atoms with van der Waals surface area (Å²) >= 11 is 0. The molecular weight excluding hydrogens is 221 g/mol. The van der Waals surface area contributed by atoms with Crippen LogP contribution in [0, 0.1) is 0 Å². The van der Waals surface area contributed by atoms with Crippen LogP contribution in [0.3, 0.4) is 0 Å². The molecule has 1 rings (SSSR count). The van der Waals surface area contributed by atoms with Crippen LogP contribution in [0.15, 0.2) is 36.4 Å². The average molecular weight is 232 g/mol. The minimum atomic E-state index is -4.36. The Morgan fingerprint density at radius 3 is 2.12 bits per heavy atom. The van der Waals surface area contributed by atoms with Crippen LogP contribution in [0.2, 0.25) is 0 Å². The highest BCUT2D eigenvalue weighted by Crippen LogP contribution is 2.31.